The lowest BCUT2D eigenvalue weighted by Crippen LogP contribution is -2.54. The standard InChI is InChI=1S/C33H34F2N6O4.C31H30F2N6O3.C28H26F2N6O3S/c1-7-26(43)39-14-15-40(19(4)17-39)30-22-16-24(35)28(27-23(34)12-9-13-25(27)42)36-31(22)41(33(45)37-30)29-20(18(2)3)10-8-11-21(29)32(44)38(5)6;1-6-19-16-37(24(41)7-2)13-14-38(19)29-20-15-22(33)27(25-21(32)9-8-10-23(25)40)35-30(20)39(31(42)36-29)28-18(5)11-12-34-26(28)17(3)4;1-5-21(38)34-11-12-35(16(3)14-34)25-17-13-19(30)23(22-18(29)7-6-8-20(22)37)32-26(17)36(28(39)33-25)24-15(2)9-10-31-27(24)40-4/h7-13,16,18-19,42H,1,14-15,17H2,2-6H3;6-12,15,17,19,40H,1-2,13-14,16H2,3-5H3;5-10,13,16,37H,1,11-12,14H2,2-4H3/t19-;;16-/m0.0/s1. The second-order valence-electron chi connectivity index (χ2n) is 31.3. The van der Waals surface area contributed by atoms with Gasteiger partial charge in [0.05, 0.1) is 67.2 Å². The fourth-order valence-electron chi connectivity index (χ4n) is 16.1. The zero-order valence-electron chi connectivity index (χ0n) is 71.3. The first-order chi connectivity index (χ1) is 60.6. The van der Waals surface area contributed by atoms with Crippen molar-refractivity contribution < 1.29 is 60.8 Å². The molecule has 28 nitrogen and oxygen atoms in total. The highest BCUT2D eigenvalue weighted by atomic mass is 32.2. The van der Waals surface area contributed by atoms with Gasteiger partial charge in [-0.25, -0.2) is 74.4 Å². The van der Waals surface area contributed by atoms with Crippen LogP contribution in [-0.2, 0) is 14.4 Å². The molecule has 0 saturated carbocycles. The number of phenolic OH excluding ortho intramolecular Hbond substituents is 3. The lowest BCUT2D eigenvalue weighted by atomic mass is 9.96. The number of nitrogens with zero attached hydrogens (tertiary/aromatic N) is 18. The number of phenols is 3. The highest BCUT2D eigenvalue weighted by Crippen LogP contribution is 2.43. The molecule has 127 heavy (non-hydrogen) atoms. The monoisotopic (exact) mass is 1750 g/mol. The minimum Gasteiger partial charge on any atom is -0.507 e. The number of hydrogen-bond acceptors (Lipinski definition) is 22. The summed E-state index contributed by atoms with van der Waals surface area (Å²) in [6.45, 7) is 32.2. The molecule has 3 atom stereocenters. The molecule has 35 heteroatoms. The number of benzene rings is 4. The van der Waals surface area contributed by atoms with Gasteiger partial charge in [-0.3, -0.25) is 24.2 Å². The number of anilines is 3. The number of carbonyl (C=O) groups excluding carboxylic acids is 4. The van der Waals surface area contributed by atoms with Crippen molar-refractivity contribution in [2.24, 2.45) is 0 Å². The van der Waals surface area contributed by atoms with Crippen LogP contribution in [0.15, 0.2) is 186 Å². The van der Waals surface area contributed by atoms with Gasteiger partial charge in [0, 0.05) is 97.5 Å². The Morgan fingerprint density at radius 2 is 0.843 bits per heavy atom. The number of piperazine rings is 3. The van der Waals surface area contributed by atoms with Crippen molar-refractivity contribution in [3.63, 3.8) is 0 Å². The topological polar surface area (TPSA) is 321 Å². The van der Waals surface area contributed by atoms with E-state index in [0.29, 0.717) is 78.1 Å². The lowest BCUT2D eigenvalue weighted by molar-refractivity contribution is -0.127. The average molecular weight is 1750 g/mol. The average Bonchev–Trinajstić information content (AvgIpc) is 0.740. The van der Waals surface area contributed by atoms with Gasteiger partial charge in [0.25, 0.3) is 5.91 Å². The van der Waals surface area contributed by atoms with Crippen LogP contribution >= 0.6 is 11.8 Å². The van der Waals surface area contributed by atoms with Crippen molar-refractivity contribution >= 4 is 85.9 Å². The number of pyridine rings is 5. The summed E-state index contributed by atoms with van der Waals surface area (Å²) in [6.07, 6.45) is 10.4. The molecule has 656 valence electrons. The summed E-state index contributed by atoms with van der Waals surface area (Å²) in [5.74, 6) is -7.83. The molecule has 3 aliphatic heterocycles. The first kappa shape index (κ1) is 90.3. The number of rotatable bonds is 17. The highest BCUT2D eigenvalue weighted by molar-refractivity contribution is 7.98. The Bertz CT molecular complexity index is 6620. The molecule has 11 heterocycles. The fourth-order valence-corrected chi connectivity index (χ4v) is 16.7. The Morgan fingerprint density at radius 1 is 0.472 bits per heavy atom. The molecule has 4 amide bonds. The van der Waals surface area contributed by atoms with Gasteiger partial charge in [-0.05, 0) is 154 Å². The maximum atomic E-state index is 16.0. The van der Waals surface area contributed by atoms with E-state index in [0.717, 1.165) is 41.0 Å². The molecule has 3 fully saturated rings. The second-order valence-corrected chi connectivity index (χ2v) is 32.1. The molecule has 3 aliphatic rings. The summed E-state index contributed by atoms with van der Waals surface area (Å²) in [5.41, 5.74) is -1.09. The van der Waals surface area contributed by atoms with Crippen LogP contribution < -0.4 is 31.8 Å². The fraction of sp³-hybridized carbons (Fsp3) is 0.272. The van der Waals surface area contributed by atoms with Crippen LogP contribution in [0.4, 0.5) is 43.8 Å². The molecule has 1 unspecified atom stereocenters. The molecule has 4 aromatic carbocycles. The Balaban J connectivity index is 0.000000163. The first-order valence-electron chi connectivity index (χ1n) is 40.4. The smallest absolute Gasteiger partial charge is 0.355 e. The van der Waals surface area contributed by atoms with Crippen LogP contribution in [-0.4, -0.2) is 210 Å². The number of aromatic hydroxyl groups is 3. The molecule has 8 aromatic heterocycles. The second kappa shape index (κ2) is 37.2. The minimum atomic E-state index is -0.953. The first-order valence-corrected chi connectivity index (χ1v) is 41.6. The van der Waals surface area contributed by atoms with Gasteiger partial charge >= 0.3 is 17.1 Å². The molecule has 15 rings (SSSR count). The zero-order valence-corrected chi connectivity index (χ0v) is 72.1. The van der Waals surface area contributed by atoms with Gasteiger partial charge in [-0.2, -0.15) is 15.0 Å². The van der Waals surface area contributed by atoms with E-state index in [1.165, 1.54) is 80.4 Å². The highest BCUT2D eigenvalue weighted by Gasteiger charge is 2.37. The van der Waals surface area contributed by atoms with Crippen molar-refractivity contribution in [1.29, 1.82) is 0 Å². The van der Waals surface area contributed by atoms with Crippen LogP contribution in [0.25, 0.3) is 83.9 Å². The molecular weight excluding hydrogens is 1660 g/mol. The van der Waals surface area contributed by atoms with E-state index in [-0.39, 0.29) is 129 Å². The predicted molar refractivity (Wildman–Crippen MR) is 475 cm³/mol. The summed E-state index contributed by atoms with van der Waals surface area (Å²) in [7, 11) is 3.17. The maximum absolute atomic E-state index is 16.0. The van der Waals surface area contributed by atoms with Crippen molar-refractivity contribution in [2.45, 2.75) is 90.4 Å². The predicted octanol–water partition coefficient (Wildman–Crippen LogP) is 13.2. The van der Waals surface area contributed by atoms with E-state index in [1.807, 2.05) is 59.6 Å². The minimum absolute atomic E-state index is 0.00876. The van der Waals surface area contributed by atoms with E-state index >= 15 is 17.6 Å². The largest absolute Gasteiger partial charge is 0.507 e. The summed E-state index contributed by atoms with van der Waals surface area (Å²) >= 11 is 1.31. The third-order valence-electron chi connectivity index (χ3n) is 22.3. The summed E-state index contributed by atoms with van der Waals surface area (Å²) in [5, 5.41) is 32.4. The van der Waals surface area contributed by atoms with Crippen LogP contribution in [0, 0.1) is 48.8 Å². The number of aromatic nitrogens is 11. The zero-order chi connectivity index (χ0) is 91.7. The van der Waals surface area contributed by atoms with Gasteiger partial charge in [0.1, 0.15) is 74.3 Å². The summed E-state index contributed by atoms with van der Waals surface area (Å²) in [4.78, 5) is 139. The van der Waals surface area contributed by atoms with Gasteiger partial charge in [0.15, 0.2) is 34.4 Å². The van der Waals surface area contributed by atoms with E-state index < -0.39 is 109 Å². The molecular formula is C92H90F6N18O10S. The van der Waals surface area contributed by atoms with E-state index in [2.05, 4.69) is 66.2 Å². The molecule has 0 spiro atoms. The Morgan fingerprint density at radius 3 is 1.21 bits per heavy atom. The van der Waals surface area contributed by atoms with Gasteiger partial charge in [-0.15, -0.1) is 18.3 Å². The Hall–Kier alpha value is -14.4. The van der Waals surface area contributed by atoms with Crippen LogP contribution in [0.5, 0.6) is 17.2 Å². The molecule has 0 aliphatic carbocycles. The number of para-hydroxylation sites is 1. The molecule has 0 bridgehead atoms. The van der Waals surface area contributed by atoms with Crippen LogP contribution in [0.1, 0.15) is 86.1 Å². The number of amides is 4. The third kappa shape index (κ3) is 17.3. The van der Waals surface area contributed by atoms with Crippen molar-refractivity contribution in [2.75, 3.05) is 94.0 Å². The van der Waals surface area contributed by atoms with Crippen LogP contribution in [0.3, 0.4) is 0 Å². The third-order valence-corrected chi connectivity index (χ3v) is 23.0. The number of thioether (sulfide) groups is 1. The number of aryl methyl sites for hydroxylation is 2. The Kier molecular flexibility index (Phi) is 26.5. The maximum Gasteiger partial charge on any atom is 0.355 e. The lowest BCUT2D eigenvalue weighted by Gasteiger charge is -2.40. The number of hydrogen-bond donors (Lipinski definition) is 3. The van der Waals surface area contributed by atoms with Gasteiger partial charge < -0.3 is 49.6 Å². The van der Waals surface area contributed by atoms with E-state index in [1.54, 1.807) is 94.3 Å². The number of halogens is 6. The van der Waals surface area contributed by atoms with Crippen molar-refractivity contribution in [3.05, 3.63) is 260 Å². The summed E-state index contributed by atoms with van der Waals surface area (Å²) in [6, 6.07) is 21.7. The molecule has 0 radical (unpaired) electrons. The van der Waals surface area contributed by atoms with Gasteiger partial charge in [0.2, 0.25) is 17.7 Å². The SMILES string of the molecule is C=CC(=O)N1CCN(c2nc(=O)n(-c3c(C(=O)N(C)C)cccc3C(C)C)c3nc(-c4c(O)cccc4F)c(F)cc23)[C@@H](C)C1.C=CC(=O)N1CCN(c2nc(=O)n(-c3c(C)ccnc3C(C)C)c3nc(-c4c(O)cccc4F)c(F)cc23)C(C=C)C1.C=CC(=O)N1CCN(c2nc(=O)n(-c3c(C)ccnc3SC)c3nc(-c4c(O)cccc4F)c(F)cc23)[C@@H](C)C1. The van der Waals surface area contributed by atoms with E-state index in [9.17, 15) is 57.7 Å². The number of fused-ring (bicyclic) bond motifs is 3. The number of carbonyl (C=O) groups is 4. The van der Waals surface area contributed by atoms with Gasteiger partial charge in [-0.1, -0.05) is 83.8 Å². The van der Waals surface area contributed by atoms with Crippen molar-refractivity contribution in [3.8, 4) is 68.1 Å². The molecule has 12 aromatic rings. The van der Waals surface area contributed by atoms with Crippen molar-refractivity contribution in [1.82, 2.24) is 73.2 Å². The quantitative estimate of drug-likeness (QED) is 0.0330. The molecule has 3 saturated heterocycles. The van der Waals surface area contributed by atoms with E-state index in [4.69, 9.17) is 0 Å². The normalized spacial score (nSPS) is 15.3. The summed E-state index contributed by atoms with van der Waals surface area (Å²) < 4.78 is 96.1. The van der Waals surface area contributed by atoms with Crippen LogP contribution in [0.2, 0.25) is 0 Å². The Labute approximate surface area is 729 Å². The molecule has 3 N–H and O–H groups in total.